The molecule has 0 radical (unpaired) electrons. The summed E-state index contributed by atoms with van der Waals surface area (Å²) < 4.78 is 5.72. The van der Waals surface area contributed by atoms with Crippen LogP contribution >= 0.6 is 0 Å². The molecule has 1 nitrogen and oxygen atoms in total. The number of para-hydroxylation sites is 1. The second-order valence-electron chi connectivity index (χ2n) is 3.15. The molecule has 0 aliphatic heterocycles. The Morgan fingerprint density at radius 1 is 1.33 bits per heavy atom. The Morgan fingerprint density at radius 3 is 2.67 bits per heavy atom. The first-order valence-electron chi connectivity index (χ1n) is 4.97. The molecule has 1 aromatic carbocycles. The van der Waals surface area contributed by atoms with Crippen molar-refractivity contribution in [1.29, 1.82) is 0 Å². The van der Waals surface area contributed by atoms with Gasteiger partial charge in [0.25, 0.3) is 0 Å². The molecule has 0 spiro atoms. The van der Waals surface area contributed by atoms with Gasteiger partial charge in [0.15, 0.2) is 0 Å². The van der Waals surface area contributed by atoms with Crippen LogP contribution in [0.15, 0.2) is 60.9 Å². The van der Waals surface area contributed by atoms with Gasteiger partial charge in [-0.05, 0) is 37.6 Å². The molecule has 0 aliphatic rings. The quantitative estimate of drug-likeness (QED) is 0.527. The van der Waals surface area contributed by atoms with Crippen molar-refractivity contribution in [2.45, 2.75) is 13.8 Å². The Bertz CT molecular complexity index is 386. The first-order chi connectivity index (χ1) is 7.27. The van der Waals surface area contributed by atoms with Crippen LogP contribution in [0.5, 0.6) is 5.75 Å². The van der Waals surface area contributed by atoms with Gasteiger partial charge in [0.05, 0.1) is 0 Å². The Hall–Kier alpha value is -1.76. The van der Waals surface area contributed by atoms with Gasteiger partial charge in [0, 0.05) is 0 Å². The van der Waals surface area contributed by atoms with Crippen molar-refractivity contribution in [2.75, 3.05) is 0 Å². The van der Waals surface area contributed by atoms with Crippen molar-refractivity contribution in [1.82, 2.24) is 0 Å². The normalized spacial score (nSPS) is 11.7. The highest BCUT2D eigenvalue weighted by atomic mass is 16.5. The van der Waals surface area contributed by atoms with Gasteiger partial charge in [-0.1, -0.05) is 36.9 Å². The molecule has 0 bridgehead atoms. The average molecular weight is 200 g/mol. The van der Waals surface area contributed by atoms with E-state index < -0.39 is 0 Å². The van der Waals surface area contributed by atoms with Gasteiger partial charge in [0.1, 0.15) is 11.5 Å². The standard InChI is InChI=1S/C14H16O/c1-4-6-10-13(5-2)15-14-11-8-7-9-12(14)3/h4-11H,1H2,2-3H3/b10-6-,13-5+. The predicted octanol–water partition coefficient (Wildman–Crippen LogP) is 4.02. The molecule has 1 rings (SSSR count). The number of benzene rings is 1. The molecular weight excluding hydrogens is 184 g/mol. The SMILES string of the molecule is C=C/C=C\C(=C/C)Oc1ccccc1C. The Kier molecular flexibility index (Phi) is 4.42. The van der Waals surface area contributed by atoms with Crippen molar-refractivity contribution in [2.24, 2.45) is 0 Å². The van der Waals surface area contributed by atoms with Crippen LogP contribution in [-0.4, -0.2) is 0 Å². The minimum Gasteiger partial charge on any atom is -0.457 e. The molecule has 0 saturated carbocycles. The molecule has 1 heteroatoms. The van der Waals surface area contributed by atoms with E-state index in [4.69, 9.17) is 4.74 Å². The van der Waals surface area contributed by atoms with Crippen LogP contribution in [0.4, 0.5) is 0 Å². The van der Waals surface area contributed by atoms with E-state index in [2.05, 4.69) is 6.58 Å². The van der Waals surface area contributed by atoms with Crippen LogP contribution in [0.1, 0.15) is 12.5 Å². The summed E-state index contributed by atoms with van der Waals surface area (Å²) in [6, 6.07) is 7.95. The van der Waals surface area contributed by atoms with Crippen LogP contribution in [0.25, 0.3) is 0 Å². The van der Waals surface area contributed by atoms with Gasteiger partial charge in [-0.3, -0.25) is 0 Å². The highest BCUT2D eigenvalue weighted by molar-refractivity contribution is 5.34. The molecule has 78 valence electrons. The predicted molar refractivity (Wildman–Crippen MR) is 64.9 cm³/mol. The van der Waals surface area contributed by atoms with Crippen LogP contribution in [0.2, 0.25) is 0 Å². The Labute approximate surface area is 91.4 Å². The van der Waals surface area contributed by atoms with Crippen LogP contribution in [-0.2, 0) is 0 Å². The molecule has 0 fully saturated rings. The molecule has 15 heavy (non-hydrogen) atoms. The maximum atomic E-state index is 5.72. The lowest BCUT2D eigenvalue weighted by molar-refractivity contribution is 0.440. The largest absolute Gasteiger partial charge is 0.457 e. The summed E-state index contributed by atoms with van der Waals surface area (Å²) >= 11 is 0. The Morgan fingerprint density at radius 2 is 2.07 bits per heavy atom. The lowest BCUT2D eigenvalue weighted by Crippen LogP contribution is -1.93. The first kappa shape index (κ1) is 11.3. The number of allylic oxidation sites excluding steroid dienone is 4. The summed E-state index contributed by atoms with van der Waals surface area (Å²) in [5, 5.41) is 0. The number of hydrogen-bond acceptors (Lipinski definition) is 1. The molecule has 0 heterocycles. The molecule has 1 aromatic rings. The number of aryl methyl sites for hydroxylation is 1. The van der Waals surface area contributed by atoms with Crippen LogP contribution < -0.4 is 4.74 Å². The van der Waals surface area contributed by atoms with E-state index >= 15 is 0 Å². The van der Waals surface area contributed by atoms with E-state index in [0.717, 1.165) is 17.1 Å². The number of hydrogen-bond donors (Lipinski definition) is 0. The fraction of sp³-hybridized carbons (Fsp3) is 0.143. The highest BCUT2D eigenvalue weighted by Crippen LogP contribution is 2.19. The molecule has 0 aromatic heterocycles. The first-order valence-corrected chi connectivity index (χ1v) is 4.97. The third-order valence-corrected chi connectivity index (χ3v) is 2.00. The average Bonchev–Trinajstić information content (AvgIpc) is 2.26. The molecule has 0 N–H and O–H groups in total. The summed E-state index contributed by atoms with van der Waals surface area (Å²) in [5.74, 6) is 1.71. The number of ether oxygens (including phenoxy) is 1. The summed E-state index contributed by atoms with van der Waals surface area (Å²) in [6.07, 6.45) is 7.39. The summed E-state index contributed by atoms with van der Waals surface area (Å²) in [5.41, 5.74) is 1.13. The summed E-state index contributed by atoms with van der Waals surface area (Å²) in [7, 11) is 0. The van der Waals surface area contributed by atoms with E-state index in [1.807, 2.05) is 56.3 Å². The van der Waals surface area contributed by atoms with Crippen LogP contribution in [0, 0.1) is 6.92 Å². The lowest BCUT2D eigenvalue weighted by atomic mass is 10.2. The molecule has 0 unspecified atom stereocenters. The molecule has 0 saturated heterocycles. The molecule has 0 aliphatic carbocycles. The maximum Gasteiger partial charge on any atom is 0.130 e. The number of rotatable bonds is 4. The fourth-order valence-corrected chi connectivity index (χ4v) is 1.15. The topological polar surface area (TPSA) is 9.23 Å². The van der Waals surface area contributed by atoms with Crippen molar-refractivity contribution < 1.29 is 4.74 Å². The second kappa shape index (κ2) is 5.86. The zero-order chi connectivity index (χ0) is 11.1. The monoisotopic (exact) mass is 200 g/mol. The van der Waals surface area contributed by atoms with Gasteiger partial charge in [-0.25, -0.2) is 0 Å². The van der Waals surface area contributed by atoms with Gasteiger partial charge in [0.2, 0.25) is 0 Å². The minimum absolute atomic E-state index is 0.823. The van der Waals surface area contributed by atoms with Gasteiger partial charge < -0.3 is 4.74 Å². The molecule has 0 atom stereocenters. The van der Waals surface area contributed by atoms with Crippen molar-refractivity contribution in [3.8, 4) is 5.75 Å². The fourth-order valence-electron chi connectivity index (χ4n) is 1.15. The van der Waals surface area contributed by atoms with Crippen molar-refractivity contribution in [3.63, 3.8) is 0 Å². The molecule has 0 amide bonds. The van der Waals surface area contributed by atoms with Gasteiger partial charge >= 0.3 is 0 Å². The highest BCUT2D eigenvalue weighted by Gasteiger charge is 1.98. The summed E-state index contributed by atoms with van der Waals surface area (Å²) in [6.45, 7) is 7.60. The zero-order valence-corrected chi connectivity index (χ0v) is 9.23. The lowest BCUT2D eigenvalue weighted by Gasteiger charge is -2.08. The summed E-state index contributed by atoms with van der Waals surface area (Å²) in [4.78, 5) is 0. The van der Waals surface area contributed by atoms with E-state index in [1.165, 1.54) is 0 Å². The van der Waals surface area contributed by atoms with Gasteiger partial charge in [-0.15, -0.1) is 0 Å². The van der Waals surface area contributed by atoms with E-state index in [-0.39, 0.29) is 0 Å². The smallest absolute Gasteiger partial charge is 0.130 e. The Balaban J connectivity index is 2.80. The van der Waals surface area contributed by atoms with Crippen LogP contribution in [0.3, 0.4) is 0 Å². The third kappa shape index (κ3) is 3.47. The maximum absolute atomic E-state index is 5.72. The van der Waals surface area contributed by atoms with Gasteiger partial charge in [-0.2, -0.15) is 0 Å². The van der Waals surface area contributed by atoms with E-state index in [0.29, 0.717) is 0 Å². The van der Waals surface area contributed by atoms with Crippen molar-refractivity contribution >= 4 is 0 Å². The minimum atomic E-state index is 0.823. The van der Waals surface area contributed by atoms with Crippen molar-refractivity contribution in [3.05, 3.63) is 66.5 Å². The second-order valence-corrected chi connectivity index (χ2v) is 3.15. The van der Waals surface area contributed by atoms with E-state index in [9.17, 15) is 0 Å². The molecular formula is C14H16O. The third-order valence-electron chi connectivity index (χ3n) is 2.00. The zero-order valence-electron chi connectivity index (χ0n) is 9.23. The van der Waals surface area contributed by atoms with E-state index in [1.54, 1.807) is 6.08 Å².